The normalized spacial score (nSPS) is 14.0. The van der Waals surface area contributed by atoms with E-state index in [9.17, 15) is 31.1 Å². The van der Waals surface area contributed by atoms with Gasteiger partial charge >= 0.3 is 12.4 Å². The predicted molar refractivity (Wildman–Crippen MR) is 40.8 cm³/mol. The van der Waals surface area contributed by atoms with Gasteiger partial charge in [0.1, 0.15) is 0 Å². The van der Waals surface area contributed by atoms with Crippen LogP contribution in [-0.2, 0) is 4.79 Å². The third kappa shape index (κ3) is 2.15. The highest BCUT2D eigenvalue weighted by atomic mass is 79.9. The van der Waals surface area contributed by atoms with Crippen molar-refractivity contribution in [3.8, 4) is 0 Å². The Labute approximate surface area is 90.5 Å². The third-order valence-corrected chi connectivity index (χ3v) is 2.80. The molecule has 0 aliphatic heterocycles. The van der Waals surface area contributed by atoms with Crippen molar-refractivity contribution in [3.05, 3.63) is 0 Å². The van der Waals surface area contributed by atoms with Crippen molar-refractivity contribution in [2.24, 2.45) is 0 Å². The molecule has 0 aromatic rings. The number of alkyl halides is 7. The lowest BCUT2D eigenvalue weighted by Crippen LogP contribution is -2.60. The topological polar surface area (TPSA) is 29.1 Å². The first-order chi connectivity index (χ1) is 5.98. The zero-order valence-electron chi connectivity index (χ0n) is 5.93. The maximum Gasteiger partial charge on any atom is 0.421 e. The fourth-order valence-corrected chi connectivity index (χ4v) is 1.15. The molecule has 0 aromatic carbocycles. The lowest BCUT2D eigenvalue weighted by molar-refractivity contribution is -0.254. The summed E-state index contributed by atoms with van der Waals surface area (Å²) in [6, 6.07) is 0. The number of carbonyl (C=O) groups is 1. The minimum Gasteiger partial charge on any atom is -0.291 e. The average Bonchev–Trinajstić information content (AvgIpc) is 1.97. The van der Waals surface area contributed by atoms with Crippen LogP contribution in [0.4, 0.5) is 26.3 Å². The van der Waals surface area contributed by atoms with E-state index in [1.54, 1.807) is 0 Å². The molecule has 1 amide bonds. The highest BCUT2D eigenvalue weighted by molar-refractivity contribution is 9.10. The second-order valence-corrected chi connectivity index (χ2v) is 3.66. The van der Waals surface area contributed by atoms with Crippen molar-refractivity contribution >= 4 is 38.0 Å². The molecule has 0 heterocycles. The molecule has 0 aromatic heterocycles. The molecule has 0 saturated heterocycles. The van der Waals surface area contributed by atoms with Gasteiger partial charge in [-0.1, -0.05) is 15.9 Å². The third-order valence-electron chi connectivity index (χ3n) is 1.18. The zero-order valence-corrected chi connectivity index (χ0v) is 9.10. The molecule has 0 bridgehead atoms. The Hall–Kier alpha value is 0.01000. The molecule has 0 spiro atoms. The SMILES string of the molecule is O=C(NBr)C(Br)(C(F)(F)F)C(F)(F)F. The number of carbonyl (C=O) groups excluding carboxylic acids is 1. The Bertz CT molecular complexity index is 221. The summed E-state index contributed by atoms with van der Waals surface area (Å²) in [5.74, 6) is -2.29. The van der Waals surface area contributed by atoms with Crippen LogP contribution >= 0.6 is 32.1 Å². The first-order valence-corrected chi connectivity index (χ1v) is 4.30. The summed E-state index contributed by atoms with van der Waals surface area (Å²) in [5, 5.41) is 0. The van der Waals surface area contributed by atoms with Crippen LogP contribution in [-0.4, -0.2) is 22.6 Å². The molecule has 84 valence electrons. The number of halogens is 8. The van der Waals surface area contributed by atoms with Gasteiger partial charge in [0.25, 0.3) is 10.2 Å². The molecule has 0 aliphatic rings. The van der Waals surface area contributed by atoms with Crippen molar-refractivity contribution in [1.82, 2.24) is 4.34 Å². The summed E-state index contributed by atoms with van der Waals surface area (Å²) in [7, 11) is 0. The maximum atomic E-state index is 12.0. The van der Waals surface area contributed by atoms with E-state index >= 15 is 0 Å². The van der Waals surface area contributed by atoms with Crippen LogP contribution < -0.4 is 4.34 Å². The van der Waals surface area contributed by atoms with E-state index in [2.05, 4.69) is 0 Å². The van der Waals surface area contributed by atoms with Crippen molar-refractivity contribution in [2.75, 3.05) is 0 Å². The van der Waals surface area contributed by atoms with Gasteiger partial charge in [-0.2, -0.15) is 26.3 Å². The smallest absolute Gasteiger partial charge is 0.291 e. The van der Waals surface area contributed by atoms with E-state index in [1.807, 2.05) is 16.1 Å². The lowest BCUT2D eigenvalue weighted by Gasteiger charge is -2.29. The van der Waals surface area contributed by atoms with Gasteiger partial charge in [-0.15, -0.1) is 0 Å². The van der Waals surface area contributed by atoms with E-state index < -0.39 is 22.6 Å². The summed E-state index contributed by atoms with van der Waals surface area (Å²) >= 11 is 3.37. The summed E-state index contributed by atoms with van der Waals surface area (Å²) < 4.78 is 68.4. The van der Waals surface area contributed by atoms with Crippen LogP contribution in [0.1, 0.15) is 0 Å². The fraction of sp³-hybridized carbons (Fsp3) is 0.750. The molecule has 2 nitrogen and oxygen atoms in total. The minimum atomic E-state index is -5.79. The standard InChI is InChI=1S/C4HBr2F6NO/c5-2(1(14)13-6,3(7,8)9)4(10,11)12/h(H,13,14). The van der Waals surface area contributed by atoms with Crippen LogP contribution in [0, 0.1) is 0 Å². The molecule has 0 unspecified atom stereocenters. The highest BCUT2D eigenvalue weighted by Gasteiger charge is 2.74. The molecule has 0 aliphatic carbocycles. The van der Waals surface area contributed by atoms with Gasteiger partial charge in [0.05, 0.1) is 0 Å². The zero-order chi connectivity index (χ0) is 11.8. The molecular weight excluding hydrogens is 352 g/mol. The second kappa shape index (κ2) is 3.87. The maximum absolute atomic E-state index is 12.0. The number of rotatable bonds is 1. The molecule has 0 saturated carbocycles. The Morgan fingerprint density at radius 3 is 1.36 bits per heavy atom. The molecule has 10 heteroatoms. The summed E-state index contributed by atoms with van der Waals surface area (Å²) in [6.07, 6.45) is -11.6. The van der Waals surface area contributed by atoms with Crippen molar-refractivity contribution in [1.29, 1.82) is 0 Å². The van der Waals surface area contributed by atoms with Gasteiger partial charge in [0.2, 0.25) is 0 Å². The molecule has 0 atom stereocenters. The Morgan fingerprint density at radius 2 is 1.29 bits per heavy atom. The monoisotopic (exact) mass is 351 g/mol. The lowest BCUT2D eigenvalue weighted by atomic mass is 10.1. The highest BCUT2D eigenvalue weighted by Crippen LogP contribution is 2.49. The van der Waals surface area contributed by atoms with E-state index in [4.69, 9.17) is 0 Å². The largest absolute Gasteiger partial charge is 0.421 e. The molecule has 0 fully saturated rings. The van der Waals surface area contributed by atoms with Gasteiger partial charge in [-0.05, 0) is 0 Å². The Morgan fingerprint density at radius 1 is 1.00 bits per heavy atom. The number of amides is 1. The Kier molecular flexibility index (Phi) is 3.88. The van der Waals surface area contributed by atoms with E-state index in [0.29, 0.717) is 0 Å². The summed E-state index contributed by atoms with van der Waals surface area (Å²) in [4.78, 5) is 10.5. The minimum absolute atomic E-state index is 1.11. The summed E-state index contributed by atoms with van der Waals surface area (Å²) in [5.41, 5.74) is 0. The first kappa shape index (κ1) is 14.0. The molecule has 1 N–H and O–H groups in total. The second-order valence-electron chi connectivity index (χ2n) is 2.08. The molecule has 14 heavy (non-hydrogen) atoms. The number of hydrogen-bond acceptors (Lipinski definition) is 1. The first-order valence-electron chi connectivity index (χ1n) is 2.72. The predicted octanol–water partition coefficient (Wildman–Crippen LogP) is 2.67. The van der Waals surface area contributed by atoms with Gasteiger partial charge in [-0.25, -0.2) is 0 Å². The van der Waals surface area contributed by atoms with E-state index in [-0.39, 0.29) is 0 Å². The van der Waals surface area contributed by atoms with Crippen molar-refractivity contribution < 1.29 is 31.1 Å². The van der Waals surface area contributed by atoms with Crippen LogP contribution in [0.5, 0.6) is 0 Å². The molecule has 0 radical (unpaired) electrons. The van der Waals surface area contributed by atoms with Crippen LogP contribution in [0.2, 0.25) is 0 Å². The summed E-state index contributed by atoms with van der Waals surface area (Å²) in [6.45, 7) is 0. The van der Waals surface area contributed by atoms with Crippen molar-refractivity contribution in [3.63, 3.8) is 0 Å². The van der Waals surface area contributed by atoms with Crippen LogP contribution in [0.15, 0.2) is 0 Å². The fourth-order valence-electron chi connectivity index (χ4n) is 0.483. The quantitative estimate of drug-likeness (QED) is 0.439. The molecule has 0 rings (SSSR count). The van der Waals surface area contributed by atoms with Gasteiger partial charge < -0.3 is 0 Å². The van der Waals surface area contributed by atoms with E-state index in [0.717, 1.165) is 4.34 Å². The number of hydrogen-bond donors (Lipinski definition) is 1. The van der Waals surface area contributed by atoms with Gasteiger partial charge in [0, 0.05) is 16.1 Å². The molecular formula is C4HBr2F6NO. The number of nitrogens with one attached hydrogen (secondary N) is 1. The van der Waals surface area contributed by atoms with Crippen LogP contribution in [0.3, 0.4) is 0 Å². The average molecular weight is 353 g/mol. The van der Waals surface area contributed by atoms with Crippen LogP contribution in [0.25, 0.3) is 0 Å². The van der Waals surface area contributed by atoms with Gasteiger partial charge in [0.15, 0.2) is 0 Å². The Balaban J connectivity index is 5.40. The van der Waals surface area contributed by atoms with Crippen molar-refractivity contribution in [2.45, 2.75) is 16.7 Å². The van der Waals surface area contributed by atoms with E-state index in [1.165, 1.54) is 15.9 Å². The van der Waals surface area contributed by atoms with Gasteiger partial charge in [-0.3, -0.25) is 9.14 Å².